The number of fused-ring (bicyclic) bond motifs is 1. The van der Waals surface area contributed by atoms with Crippen LogP contribution in [-0.4, -0.2) is 34.5 Å². The fourth-order valence-corrected chi connectivity index (χ4v) is 2.89. The standard InChI is InChI=1S/C18H15F3N2O4/c1-9-16(17(23-25)13-6-3-10(26-2)8-15(13)24)12-5-4-11(7-14(12)22-9)27-18(19,20)21/h3-8,22,24-25H,1-2H3/b23-17+. The van der Waals surface area contributed by atoms with Gasteiger partial charge in [0, 0.05) is 39.9 Å². The summed E-state index contributed by atoms with van der Waals surface area (Å²) < 4.78 is 46.2. The lowest BCUT2D eigenvalue weighted by molar-refractivity contribution is -0.274. The van der Waals surface area contributed by atoms with Crippen molar-refractivity contribution in [1.82, 2.24) is 4.98 Å². The molecule has 0 unspecified atom stereocenters. The third-order valence-electron chi connectivity index (χ3n) is 3.99. The van der Waals surface area contributed by atoms with E-state index in [1.807, 2.05) is 0 Å². The molecule has 0 aliphatic rings. The van der Waals surface area contributed by atoms with Crippen molar-refractivity contribution in [3.8, 4) is 17.2 Å². The first kappa shape index (κ1) is 18.4. The van der Waals surface area contributed by atoms with Crippen molar-refractivity contribution in [2.75, 3.05) is 7.11 Å². The van der Waals surface area contributed by atoms with Gasteiger partial charge >= 0.3 is 6.36 Å². The van der Waals surface area contributed by atoms with Crippen molar-refractivity contribution in [3.63, 3.8) is 0 Å². The highest BCUT2D eigenvalue weighted by atomic mass is 19.4. The Labute approximate surface area is 151 Å². The predicted molar refractivity (Wildman–Crippen MR) is 91.8 cm³/mol. The number of aromatic hydroxyl groups is 1. The van der Waals surface area contributed by atoms with Gasteiger partial charge in [-0.25, -0.2) is 0 Å². The van der Waals surface area contributed by atoms with Gasteiger partial charge in [-0.05, 0) is 31.2 Å². The first-order valence-corrected chi connectivity index (χ1v) is 7.71. The number of aromatic nitrogens is 1. The summed E-state index contributed by atoms with van der Waals surface area (Å²) in [5.74, 6) is -0.136. The number of H-pyrrole nitrogens is 1. The number of alkyl halides is 3. The molecule has 27 heavy (non-hydrogen) atoms. The van der Waals surface area contributed by atoms with Crippen LogP contribution in [0.4, 0.5) is 13.2 Å². The molecule has 6 nitrogen and oxygen atoms in total. The smallest absolute Gasteiger partial charge is 0.507 e. The fourth-order valence-electron chi connectivity index (χ4n) is 2.89. The first-order chi connectivity index (χ1) is 12.7. The Morgan fingerprint density at radius 1 is 1.11 bits per heavy atom. The van der Waals surface area contributed by atoms with E-state index in [4.69, 9.17) is 4.74 Å². The molecule has 0 atom stereocenters. The van der Waals surface area contributed by atoms with E-state index < -0.39 is 6.36 Å². The number of rotatable bonds is 4. The highest BCUT2D eigenvalue weighted by Gasteiger charge is 2.31. The van der Waals surface area contributed by atoms with Crippen molar-refractivity contribution in [2.45, 2.75) is 13.3 Å². The van der Waals surface area contributed by atoms with Gasteiger partial charge in [0.05, 0.1) is 7.11 Å². The maximum atomic E-state index is 12.4. The lowest BCUT2D eigenvalue weighted by Gasteiger charge is -2.10. The Morgan fingerprint density at radius 3 is 2.41 bits per heavy atom. The second-order valence-electron chi connectivity index (χ2n) is 5.71. The number of halogens is 3. The molecule has 0 saturated heterocycles. The van der Waals surface area contributed by atoms with Crippen LogP contribution in [0.3, 0.4) is 0 Å². The number of benzene rings is 2. The topological polar surface area (TPSA) is 87.1 Å². The zero-order valence-electron chi connectivity index (χ0n) is 14.3. The van der Waals surface area contributed by atoms with E-state index in [9.17, 15) is 23.5 Å². The number of ether oxygens (including phenoxy) is 2. The molecule has 2 aromatic carbocycles. The predicted octanol–water partition coefficient (Wildman–Crippen LogP) is 4.32. The van der Waals surface area contributed by atoms with E-state index in [2.05, 4.69) is 14.9 Å². The molecule has 3 N–H and O–H groups in total. The summed E-state index contributed by atoms with van der Waals surface area (Å²) in [5, 5.41) is 23.6. The molecule has 142 valence electrons. The van der Waals surface area contributed by atoms with Crippen molar-refractivity contribution < 1.29 is 33.0 Å². The van der Waals surface area contributed by atoms with Crippen molar-refractivity contribution >= 4 is 16.6 Å². The Balaban J connectivity index is 2.11. The third-order valence-corrected chi connectivity index (χ3v) is 3.99. The summed E-state index contributed by atoms with van der Waals surface area (Å²) in [7, 11) is 1.44. The minimum atomic E-state index is -4.80. The number of phenols is 1. The Bertz CT molecular complexity index is 1030. The summed E-state index contributed by atoms with van der Waals surface area (Å²) >= 11 is 0. The van der Waals surface area contributed by atoms with Crippen LogP contribution in [0.25, 0.3) is 10.9 Å². The van der Waals surface area contributed by atoms with Gasteiger partial charge in [-0.15, -0.1) is 13.2 Å². The van der Waals surface area contributed by atoms with Gasteiger partial charge in [-0.1, -0.05) is 5.16 Å². The molecule has 0 spiro atoms. The maximum Gasteiger partial charge on any atom is 0.573 e. The molecule has 9 heteroatoms. The normalized spacial score (nSPS) is 12.4. The number of hydrogen-bond acceptors (Lipinski definition) is 5. The molecule has 3 rings (SSSR count). The van der Waals surface area contributed by atoms with Gasteiger partial charge in [0.2, 0.25) is 0 Å². The fraction of sp³-hybridized carbons (Fsp3) is 0.167. The number of phenolic OH excluding ortho intramolecular Hbond substituents is 1. The quantitative estimate of drug-likeness (QED) is 0.357. The second-order valence-corrected chi connectivity index (χ2v) is 5.71. The van der Waals surface area contributed by atoms with E-state index in [0.29, 0.717) is 27.9 Å². The molecule has 0 aliphatic carbocycles. The van der Waals surface area contributed by atoms with E-state index in [1.165, 1.54) is 31.4 Å². The number of hydrogen-bond donors (Lipinski definition) is 3. The van der Waals surface area contributed by atoms with Crippen LogP contribution >= 0.6 is 0 Å². The summed E-state index contributed by atoms with van der Waals surface area (Å²) in [4.78, 5) is 2.93. The molecule has 0 radical (unpaired) electrons. The number of nitrogens with zero attached hydrogens (tertiary/aromatic N) is 1. The van der Waals surface area contributed by atoms with Crippen molar-refractivity contribution in [2.24, 2.45) is 5.16 Å². The molecule has 1 aromatic heterocycles. The van der Waals surface area contributed by atoms with Crippen molar-refractivity contribution in [1.29, 1.82) is 0 Å². The highest BCUT2D eigenvalue weighted by molar-refractivity contribution is 6.21. The molecular weight excluding hydrogens is 365 g/mol. The SMILES string of the molecule is COc1ccc(/C(=N\O)c2c(C)[nH]c3cc(OC(F)(F)F)ccc23)c(O)c1. The summed E-state index contributed by atoms with van der Waals surface area (Å²) in [5.41, 5.74) is 1.63. The zero-order chi connectivity index (χ0) is 19.8. The van der Waals surface area contributed by atoms with E-state index in [-0.39, 0.29) is 22.8 Å². The van der Waals surface area contributed by atoms with Gasteiger partial charge in [0.25, 0.3) is 0 Å². The van der Waals surface area contributed by atoms with Crippen LogP contribution in [0.5, 0.6) is 17.2 Å². The molecule has 0 fully saturated rings. The number of nitrogens with one attached hydrogen (secondary N) is 1. The van der Waals surface area contributed by atoms with E-state index >= 15 is 0 Å². The summed E-state index contributed by atoms with van der Waals surface area (Å²) in [6, 6.07) is 8.24. The average Bonchev–Trinajstić information content (AvgIpc) is 2.91. The number of aromatic amines is 1. The van der Waals surface area contributed by atoms with E-state index in [1.54, 1.807) is 13.0 Å². The summed E-state index contributed by atoms with van der Waals surface area (Å²) in [6.07, 6.45) is -4.80. The second kappa shape index (κ2) is 6.75. The van der Waals surface area contributed by atoms with Crippen molar-refractivity contribution in [3.05, 3.63) is 53.2 Å². The lowest BCUT2D eigenvalue weighted by atomic mass is 9.98. The van der Waals surface area contributed by atoms with Crippen LogP contribution in [-0.2, 0) is 0 Å². The van der Waals surface area contributed by atoms with Gasteiger partial charge in [0.15, 0.2) is 0 Å². The monoisotopic (exact) mass is 380 g/mol. The molecule has 0 amide bonds. The Morgan fingerprint density at radius 2 is 1.81 bits per heavy atom. The molecular formula is C18H15F3N2O4. The maximum absolute atomic E-state index is 12.4. The molecule has 0 bridgehead atoms. The van der Waals surface area contributed by atoms with Crippen LogP contribution in [0, 0.1) is 6.92 Å². The van der Waals surface area contributed by atoms with Crippen LogP contribution in [0.2, 0.25) is 0 Å². The van der Waals surface area contributed by atoms with Gasteiger partial charge < -0.3 is 24.8 Å². The molecule has 0 saturated carbocycles. The first-order valence-electron chi connectivity index (χ1n) is 7.71. The molecule has 3 aromatic rings. The van der Waals surface area contributed by atoms with Gasteiger partial charge in [0.1, 0.15) is 23.0 Å². The molecule has 1 heterocycles. The van der Waals surface area contributed by atoms with Crippen LogP contribution in [0.15, 0.2) is 41.6 Å². The Kier molecular flexibility index (Phi) is 4.61. The van der Waals surface area contributed by atoms with Gasteiger partial charge in [-0.2, -0.15) is 0 Å². The average molecular weight is 380 g/mol. The zero-order valence-corrected chi connectivity index (χ0v) is 14.3. The number of aryl methyl sites for hydroxylation is 1. The van der Waals surface area contributed by atoms with Gasteiger partial charge in [-0.3, -0.25) is 0 Å². The highest BCUT2D eigenvalue weighted by Crippen LogP contribution is 2.33. The number of oxime groups is 1. The minimum absolute atomic E-state index is 0.0587. The van der Waals surface area contributed by atoms with Crippen LogP contribution in [0.1, 0.15) is 16.8 Å². The molecule has 0 aliphatic heterocycles. The largest absolute Gasteiger partial charge is 0.573 e. The summed E-state index contributed by atoms with van der Waals surface area (Å²) in [6.45, 7) is 1.67. The third kappa shape index (κ3) is 3.62. The minimum Gasteiger partial charge on any atom is -0.507 e. The Hall–Kier alpha value is -3.36. The van der Waals surface area contributed by atoms with E-state index in [0.717, 1.165) is 6.07 Å². The lowest BCUT2D eigenvalue weighted by Crippen LogP contribution is -2.17. The van der Waals surface area contributed by atoms with Crippen LogP contribution < -0.4 is 9.47 Å². The number of methoxy groups -OCH3 is 1.